The Kier molecular flexibility index (Phi) is 6.93. The van der Waals surface area contributed by atoms with Crippen LogP contribution in [0.1, 0.15) is 22.5 Å². The molecule has 2 aromatic carbocycles. The van der Waals surface area contributed by atoms with Crippen molar-refractivity contribution in [2.24, 2.45) is 15.0 Å². The van der Waals surface area contributed by atoms with Gasteiger partial charge in [0.1, 0.15) is 0 Å². The largest absolute Gasteiger partial charge is 2.00 e. The molecule has 0 spiro atoms. The molecule has 4 aliphatic heterocycles. The van der Waals surface area contributed by atoms with Gasteiger partial charge in [-0.2, -0.15) is 0 Å². The van der Waals surface area contributed by atoms with Gasteiger partial charge in [-0.3, -0.25) is 0 Å². The zero-order chi connectivity index (χ0) is 26.3. The quantitative estimate of drug-likeness (QED) is 0.253. The van der Waals surface area contributed by atoms with Crippen molar-refractivity contribution in [1.82, 2.24) is 4.98 Å². The van der Waals surface area contributed by atoms with Gasteiger partial charge in [-0.05, 0) is 69.1 Å². The Bertz CT molecular complexity index is 1850. The fourth-order valence-corrected chi connectivity index (χ4v) is 5.44. The zero-order valence-corrected chi connectivity index (χ0v) is 23.4. The molecule has 7 heteroatoms. The fourth-order valence-electron chi connectivity index (χ4n) is 5.00. The number of fused-ring (bicyclic) bond motifs is 5. The van der Waals surface area contributed by atoms with Crippen molar-refractivity contribution in [1.29, 1.82) is 0 Å². The molecule has 0 atom stereocenters. The number of aromatic nitrogens is 1. The third-order valence-corrected chi connectivity index (χ3v) is 7.64. The molecular formula is C33H19BrN4NiO. The van der Waals surface area contributed by atoms with Gasteiger partial charge in [0.25, 0.3) is 0 Å². The van der Waals surface area contributed by atoms with Crippen LogP contribution < -0.4 is 10.1 Å². The van der Waals surface area contributed by atoms with Gasteiger partial charge in [0.2, 0.25) is 0 Å². The molecule has 0 radical (unpaired) electrons. The number of hydrogen-bond acceptors (Lipinski definition) is 4. The molecule has 8 bridgehead atoms. The number of nitrogens with zero attached hydrogens (tertiary/aromatic N) is 4. The Morgan fingerprint density at radius 2 is 1.07 bits per heavy atom. The van der Waals surface area contributed by atoms with Crippen molar-refractivity contribution in [2.45, 2.75) is 0 Å². The van der Waals surface area contributed by atoms with Crippen LogP contribution in [0.2, 0.25) is 0 Å². The van der Waals surface area contributed by atoms with Crippen molar-refractivity contribution in [3.8, 4) is 0 Å². The van der Waals surface area contributed by atoms with Crippen molar-refractivity contribution in [3.63, 3.8) is 0 Å². The Balaban J connectivity index is 0.00000289. The summed E-state index contributed by atoms with van der Waals surface area (Å²) in [4.78, 5) is 19.8. The van der Waals surface area contributed by atoms with E-state index in [0.717, 1.165) is 67.2 Å². The van der Waals surface area contributed by atoms with E-state index in [1.54, 1.807) is 0 Å². The van der Waals surface area contributed by atoms with Crippen LogP contribution in [-0.4, -0.2) is 17.1 Å². The van der Waals surface area contributed by atoms with Crippen LogP contribution in [-0.2, 0) is 16.5 Å². The molecule has 0 N–H and O–H groups in total. The summed E-state index contributed by atoms with van der Waals surface area (Å²) in [5, 5.41) is 12.4. The molecule has 0 saturated carbocycles. The predicted octanol–water partition coefficient (Wildman–Crippen LogP) is 6.17. The van der Waals surface area contributed by atoms with E-state index in [2.05, 4.69) is 15.9 Å². The minimum Gasteiger partial charge on any atom is -0.877 e. The van der Waals surface area contributed by atoms with Crippen LogP contribution in [0.15, 0.2) is 153 Å². The number of rotatable bonds is 2. The topological polar surface area (TPSA) is 74.2 Å². The number of hydrogen-bond donors (Lipinski definition) is 0. The summed E-state index contributed by atoms with van der Waals surface area (Å²) in [6.07, 6.45) is 12.4. The van der Waals surface area contributed by atoms with Crippen LogP contribution in [0, 0.1) is 0 Å². The van der Waals surface area contributed by atoms with Crippen molar-refractivity contribution in [2.75, 3.05) is 0 Å². The fraction of sp³-hybridized carbons (Fsp3) is 0. The second kappa shape index (κ2) is 10.7. The van der Waals surface area contributed by atoms with Gasteiger partial charge in [-0.1, -0.05) is 72.8 Å². The third kappa shape index (κ3) is 4.47. The molecule has 40 heavy (non-hydrogen) atoms. The van der Waals surface area contributed by atoms with E-state index in [9.17, 15) is 5.11 Å². The van der Waals surface area contributed by atoms with E-state index in [0.29, 0.717) is 17.0 Å². The molecule has 5 nitrogen and oxygen atoms in total. The first-order valence-corrected chi connectivity index (χ1v) is 13.3. The number of halogens is 1. The first-order chi connectivity index (χ1) is 19.2. The molecule has 4 aliphatic rings. The van der Waals surface area contributed by atoms with Crippen LogP contribution in [0.5, 0.6) is 0 Å². The molecular weight excluding hydrogens is 607 g/mol. The minimum atomic E-state index is 0. The Labute approximate surface area is 250 Å². The second-order valence-electron chi connectivity index (χ2n) is 9.19. The van der Waals surface area contributed by atoms with Gasteiger partial charge in [-0.25, -0.2) is 15.0 Å². The maximum absolute atomic E-state index is 12.4. The molecule has 0 saturated heterocycles. The SMILES string of the molecule is [Ni+2].[O-]/C=C1\C2=NC(=C(c3ccccc3)C3=NC(=C(Br)c4ccc([n-]4)C(c4ccccc4)=C4C=CC1=N4)C=C3)C=C2. The monoisotopic (exact) mass is 624 g/mol. The second-order valence-corrected chi connectivity index (χ2v) is 9.98. The van der Waals surface area contributed by atoms with Crippen LogP contribution in [0.3, 0.4) is 0 Å². The molecule has 1 aromatic heterocycles. The first kappa shape index (κ1) is 25.9. The van der Waals surface area contributed by atoms with Crippen molar-refractivity contribution in [3.05, 3.63) is 161 Å². The van der Waals surface area contributed by atoms with E-state index in [1.807, 2.05) is 109 Å². The first-order valence-electron chi connectivity index (χ1n) is 12.5. The standard InChI is InChI=1S/C33H20BrN4O.Ni/c34-33-29-17-15-27(37-29)31(20-7-3-1-4-8-20)25-13-11-23(35-25)22(19-39)24-12-14-26(36-24)32(21-9-5-2-6-10-21)28-16-18-30(33)38-28;/h1-19H,(H-,35,36,37,38,39);/q-1;+2/p-1. The van der Waals surface area contributed by atoms with E-state index in [-0.39, 0.29) is 16.5 Å². The van der Waals surface area contributed by atoms with Crippen molar-refractivity contribution >= 4 is 48.7 Å². The van der Waals surface area contributed by atoms with Gasteiger partial charge in [-0.15, -0.1) is 17.6 Å². The summed E-state index contributed by atoms with van der Waals surface area (Å²) in [5.41, 5.74) is 9.92. The van der Waals surface area contributed by atoms with E-state index >= 15 is 0 Å². The van der Waals surface area contributed by atoms with Gasteiger partial charge in [0.15, 0.2) is 0 Å². The van der Waals surface area contributed by atoms with E-state index < -0.39 is 0 Å². The molecule has 0 aliphatic carbocycles. The summed E-state index contributed by atoms with van der Waals surface area (Å²) in [5.74, 6) is 0. The Hall–Kier alpha value is -4.32. The molecule has 194 valence electrons. The van der Waals surface area contributed by atoms with E-state index in [4.69, 9.17) is 20.0 Å². The number of allylic oxidation sites excluding steroid dienone is 8. The average molecular weight is 626 g/mol. The predicted molar refractivity (Wildman–Crippen MR) is 159 cm³/mol. The summed E-state index contributed by atoms with van der Waals surface area (Å²) >= 11 is 3.77. The number of benzene rings is 2. The Morgan fingerprint density at radius 3 is 1.70 bits per heavy atom. The molecule has 3 aromatic rings. The molecule has 7 rings (SSSR count). The third-order valence-electron chi connectivity index (χ3n) is 6.83. The number of aliphatic imine (C=N–C) groups is 3. The van der Waals surface area contributed by atoms with Crippen molar-refractivity contribution < 1.29 is 21.6 Å². The van der Waals surface area contributed by atoms with Gasteiger partial charge < -0.3 is 10.1 Å². The molecule has 5 heterocycles. The maximum Gasteiger partial charge on any atom is 2.00 e. The van der Waals surface area contributed by atoms with Crippen LogP contribution in [0.4, 0.5) is 0 Å². The van der Waals surface area contributed by atoms with E-state index in [1.165, 1.54) is 0 Å². The molecule has 0 fully saturated rings. The minimum absolute atomic E-state index is 0. The maximum atomic E-state index is 12.4. The summed E-state index contributed by atoms with van der Waals surface area (Å²) in [6, 6.07) is 24.1. The van der Waals surface area contributed by atoms with Gasteiger partial charge in [0.05, 0.1) is 34.2 Å². The summed E-state index contributed by atoms with van der Waals surface area (Å²) in [7, 11) is 0. The van der Waals surface area contributed by atoms with Crippen LogP contribution in [0.25, 0.3) is 15.6 Å². The summed E-state index contributed by atoms with van der Waals surface area (Å²) < 4.78 is 0.802. The zero-order valence-electron chi connectivity index (χ0n) is 20.9. The smallest absolute Gasteiger partial charge is 0.877 e. The average Bonchev–Trinajstić information content (AvgIpc) is 3.79. The van der Waals surface area contributed by atoms with Gasteiger partial charge >= 0.3 is 16.5 Å². The molecule has 0 unspecified atom stereocenters. The summed E-state index contributed by atoms with van der Waals surface area (Å²) in [6.45, 7) is 0. The van der Waals surface area contributed by atoms with Crippen LogP contribution >= 0.6 is 15.9 Å². The Morgan fingerprint density at radius 1 is 0.575 bits per heavy atom. The molecule has 0 amide bonds. The van der Waals surface area contributed by atoms with Gasteiger partial charge in [0, 0.05) is 15.6 Å². The normalized spacial score (nSPS) is 18.4.